The minimum atomic E-state index is -0.249. The van der Waals surface area contributed by atoms with Gasteiger partial charge in [-0.05, 0) is 19.1 Å². The molecular formula is C12H14N4O. The lowest BCUT2D eigenvalue weighted by atomic mass is 10.3. The predicted molar refractivity (Wildman–Crippen MR) is 65.5 cm³/mol. The smallest absolute Gasteiger partial charge is 0.271 e. The van der Waals surface area contributed by atoms with E-state index in [1.54, 1.807) is 0 Å². The van der Waals surface area contributed by atoms with Crippen molar-refractivity contribution in [2.75, 3.05) is 6.54 Å². The second-order valence-corrected chi connectivity index (χ2v) is 3.85. The maximum Gasteiger partial charge on any atom is 0.271 e. The zero-order valence-electron chi connectivity index (χ0n) is 9.55. The summed E-state index contributed by atoms with van der Waals surface area (Å²) in [6.45, 7) is 2.24. The lowest BCUT2D eigenvalue weighted by molar-refractivity contribution is 0.0936. The lowest BCUT2D eigenvalue weighted by Gasteiger charge is -2.10. The van der Waals surface area contributed by atoms with Gasteiger partial charge in [-0.1, -0.05) is 12.1 Å². The van der Waals surface area contributed by atoms with Gasteiger partial charge in [0.25, 0.3) is 5.91 Å². The summed E-state index contributed by atoms with van der Waals surface area (Å²) in [4.78, 5) is 20.2. The van der Waals surface area contributed by atoms with Crippen molar-refractivity contribution in [3.05, 3.63) is 36.2 Å². The zero-order valence-corrected chi connectivity index (χ0v) is 9.55. The maximum absolute atomic E-state index is 11.8. The van der Waals surface area contributed by atoms with Crippen LogP contribution >= 0.6 is 0 Å². The first-order chi connectivity index (χ1) is 8.20. The van der Waals surface area contributed by atoms with E-state index in [0.717, 1.165) is 5.52 Å². The molecule has 5 heteroatoms. The Balaban J connectivity index is 2.27. The minimum absolute atomic E-state index is 0.0734. The fraction of sp³-hybridized carbons (Fsp3) is 0.250. The fourth-order valence-electron chi connectivity index (χ4n) is 1.42. The number of fused-ring (bicyclic) bond motifs is 1. The van der Waals surface area contributed by atoms with Crippen molar-refractivity contribution in [1.29, 1.82) is 0 Å². The Kier molecular flexibility index (Phi) is 3.30. The van der Waals surface area contributed by atoms with Crippen LogP contribution < -0.4 is 11.1 Å². The quantitative estimate of drug-likeness (QED) is 0.813. The average molecular weight is 230 g/mol. The topological polar surface area (TPSA) is 80.9 Å². The summed E-state index contributed by atoms with van der Waals surface area (Å²) in [7, 11) is 0. The molecule has 1 aromatic carbocycles. The molecule has 88 valence electrons. The van der Waals surface area contributed by atoms with E-state index in [1.165, 1.54) is 6.20 Å². The van der Waals surface area contributed by atoms with Crippen molar-refractivity contribution >= 4 is 16.9 Å². The highest BCUT2D eigenvalue weighted by atomic mass is 16.1. The number of hydrogen-bond donors (Lipinski definition) is 2. The summed E-state index contributed by atoms with van der Waals surface area (Å²) < 4.78 is 0. The summed E-state index contributed by atoms with van der Waals surface area (Å²) in [5.41, 5.74) is 7.23. The van der Waals surface area contributed by atoms with E-state index < -0.39 is 0 Å². The van der Waals surface area contributed by atoms with E-state index in [1.807, 2.05) is 31.2 Å². The number of carbonyl (C=O) groups excluding carboxylic acids is 1. The molecule has 17 heavy (non-hydrogen) atoms. The first-order valence-electron chi connectivity index (χ1n) is 5.43. The van der Waals surface area contributed by atoms with Gasteiger partial charge in [-0.2, -0.15) is 0 Å². The number of carbonyl (C=O) groups is 1. The van der Waals surface area contributed by atoms with Crippen molar-refractivity contribution in [3.8, 4) is 0 Å². The first-order valence-corrected chi connectivity index (χ1v) is 5.43. The van der Waals surface area contributed by atoms with Gasteiger partial charge in [-0.3, -0.25) is 9.78 Å². The van der Waals surface area contributed by atoms with E-state index >= 15 is 0 Å². The number of nitrogens with two attached hydrogens (primary N) is 1. The molecule has 0 aliphatic rings. The molecule has 3 N–H and O–H groups in total. The molecule has 0 spiro atoms. The first kappa shape index (κ1) is 11.5. The maximum atomic E-state index is 11.8. The van der Waals surface area contributed by atoms with Crippen LogP contribution in [0.1, 0.15) is 17.4 Å². The highest BCUT2D eigenvalue weighted by Gasteiger charge is 2.10. The van der Waals surface area contributed by atoms with Crippen molar-refractivity contribution < 1.29 is 4.79 Å². The van der Waals surface area contributed by atoms with Gasteiger partial charge >= 0.3 is 0 Å². The average Bonchev–Trinajstić information content (AvgIpc) is 2.38. The molecule has 0 radical (unpaired) electrons. The van der Waals surface area contributed by atoms with E-state index in [4.69, 9.17) is 5.73 Å². The molecule has 0 fully saturated rings. The van der Waals surface area contributed by atoms with Gasteiger partial charge in [0.1, 0.15) is 5.69 Å². The summed E-state index contributed by atoms with van der Waals surface area (Å²) in [5, 5.41) is 2.74. The summed E-state index contributed by atoms with van der Waals surface area (Å²) in [5.74, 6) is -0.249. The summed E-state index contributed by atoms with van der Waals surface area (Å²) in [6, 6.07) is 7.35. The second-order valence-electron chi connectivity index (χ2n) is 3.85. The Morgan fingerprint density at radius 1 is 1.41 bits per heavy atom. The van der Waals surface area contributed by atoms with Crippen molar-refractivity contribution in [2.45, 2.75) is 13.0 Å². The van der Waals surface area contributed by atoms with Crippen LogP contribution in [0.3, 0.4) is 0 Å². The summed E-state index contributed by atoms with van der Waals surface area (Å²) >= 11 is 0. The van der Waals surface area contributed by atoms with Gasteiger partial charge in [0, 0.05) is 12.6 Å². The molecule has 0 saturated heterocycles. The van der Waals surface area contributed by atoms with Crippen molar-refractivity contribution in [2.24, 2.45) is 5.73 Å². The van der Waals surface area contributed by atoms with Crippen LogP contribution in [0.2, 0.25) is 0 Å². The SMILES string of the molecule is C[C@H](CN)NC(=O)c1cnc2ccccc2n1. The van der Waals surface area contributed by atoms with Gasteiger partial charge in [-0.15, -0.1) is 0 Å². The molecule has 1 heterocycles. The molecule has 1 aromatic heterocycles. The molecule has 0 unspecified atom stereocenters. The van der Waals surface area contributed by atoms with E-state index in [9.17, 15) is 4.79 Å². The van der Waals surface area contributed by atoms with Crippen LogP contribution in [0.4, 0.5) is 0 Å². The van der Waals surface area contributed by atoms with Gasteiger partial charge in [0.2, 0.25) is 0 Å². The molecule has 1 amide bonds. The number of nitrogens with one attached hydrogen (secondary N) is 1. The number of benzene rings is 1. The normalized spacial score (nSPS) is 12.4. The molecular weight excluding hydrogens is 216 g/mol. The molecule has 0 aliphatic carbocycles. The largest absolute Gasteiger partial charge is 0.347 e. The second kappa shape index (κ2) is 4.88. The molecule has 0 saturated carbocycles. The molecule has 0 bridgehead atoms. The van der Waals surface area contributed by atoms with Crippen LogP contribution in [0.5, 0.6) is 0 Å². The minimum Gasteiger partial charge on any atom is -0.347 e. The predicted octanol–water partition coefficient (Wildman–Crippen LogP) is 0.707. The van der Waals surface area contributed by atoms with Gasteiger partial charge < -0.3 is 11.1 Å². The van der Waals surface area contributed by atoms with E-state index in [0.29, 0.717) is 17.8 Å². The third-order valence-electron chi connectivity index (χ3n) is 2.41. The van der Waals surface area contributed by atoms with Gasteiger partial charge in [-0.25, -0.2) is 4.98 Å². The molecule has 2 aromatic rings. The highest BCUT2D eigenvalue weighted by molar-refractivity contribution is 5.93. The molecule has 5 nitrogen and oxygen atoms in total. The molecule has 0 aliphatic heterocycles. The number of amides is 1. The summed E-state index contributed by atoms with van der Waals surface area (Å²) in [6.07, 6.45) is 1.47. The Hall–Kier alpha value is -2.01. The van der Waals surface area contributed by atoms with Gasteiger partial charge in [0.05, 0.1) is 17.2 Å². The number of rotatable bonds is 3. The highest BCUT2D eigenvalue weighted by Crippen LogP contribution is 2.08. The van der Waals surface area contributed by atoms with E-state index in [-0.39, 0.29) is 11.9 Å². The third-order valence-corrected chi connectivity index (χ3v) is 2.41. The Bertz CT molecular complexity index is 541. The zero-order chi connectivity index (χ0) is 12.3. The van der Waals surface area contributed by atoms with Crippen molar-refractivity contribution in [1.82, 2.24) is 15.3 Å². The van der Waals surface area contributed by atoms with Crippen molar-refractivity contribution in [3.63, 3.8) is 0 Å². The molecule has 1 atom stereocenters. The number of para-hydroxylation sites is 2. The number of nitrogens with zero attached hydrogens (tertiary/aromatic N) is 2. The number of aromatic nitrogens is 2. The Morgan fingerprint density at radius 2 is 2.12 bits per heavy atom. The van der Waals surface area contributed by atoms with Crippen LogP contribution in [0.15, 0.2) is 30.5 Å². The lowest BCUT2D eigenvalue weighted by Crippen LogP contribution is -2.38. The molecule has 2 rings (SSSR count). The van der Waals surface area contributed by atoms with Crippen LogP contribution in [0, 0.1) is 0 Å². The Labute approximate surface area is 99.1 Å². The van der Waals surface area contributed by atoms with E-state index in [2.05, 4.69) is 15.3 Å². The fourth-order valence-corrected chi connectivity index (χ4v) is 1.42. The standard InChI is InChI=1S/C12H14N4O/c1-8(6-13)15-12(17)11-7-14-9-4-2-3-5-10(9)16-11/h2-5,7-8H,6,13H2,1H3,(H,15,17)/t8-/m1/s1. The number of hydrogen-bond acceptors (Lipinski definition) is 4. The van der Waals surface area contributed by atoms with Crippen LogP contribution in [-0.4, -0.2) is 28.5 Å². The van der Waals surface area contributed by atoms with Gasteiger partial charge in [0.15, 0.2) is 0 Å². The monoisotopic (exact) mass is 230 g/mol. The van der Waals surface area contributed by atoms with Crippen LogP contribution in [0.25, 0.3) is 11.0 Å². The third kappa shape index (κ3) is 2.57. The Morgan fingerprint density at radius 3 is 2.82 bits per heavy atom. The van der Waals surface area contributed by atoms with Crippen LogP contribution in [-0.2, 0) is 0 Å².